The summed E-state index contributed by atoms with van der Waals surface area (Å²) in [6.07, 6.45) is 4.46. The Morgan fingerprint density at radius 3 is 2.09 bits per heavy atom. The first kappa shape index (κ1) is 20.6. The van der Waals surface area contributed by atoms with Crippen molar-refractivity contribution in [2.75, 3.05) is 13.1 Å². The number of Topliss-reactive ketones (excluding diaryl/α,β-unsaturated/α-hetero) is 1. The van der Waals surface area contributed by atoms with Gasteiger partial charge in [-0.15, -0.1) is 0 Å². The van der Waals surface area contributed by atoms with Crippen LogP contribution < -0.4 is 0 Å². The predicted octanol–water partition coefficient (Wildman–Crippen LogP) is 3.86. The summed E-state index contributed by atoms with van der Waals surface area (Å²) in [7, 11) is -3.11. The standard InChI is InChI=1S/C18H35NO3S/c1-14(2)18(5,6)17(20)9-7-8-16-10-12-19(13-11-16)23(21,22)15(3)4/h14-16H,7-13H2,1-6H3. The van der Waals surface area contributed by atoms with Gasteiger partial charge in [-0.2, -0.15) is 0 Å². The first-order valence-corrected chi connectivity index (χ1v) is 10.5. The quantitative estimate of drug-likeness (QED) is 0.671. The van der Waals surface area contributed by atoms with Gasteiger partial charge in [0.2, 0.25) is 10.0 Å². The third-order valence-electron chi connectivity index (χ3n) is 5.71. The van der Waals surface area contributed by atoms with Gasteiger partial charge in [0.05, 0.1) is 5.25 Å². The number of nitrogens with zero attached hydrogens (tertiary/aromatic N) is 1. The Labute approximate surface area is 143 Å². The van der Waals surface area contributed by atoms with Crippen molar-refractivity contribution in [3.63, 3.8) is 0 Å². The van der Waals surface area contributed by atoms with Gasteiger partial charge in [-0.3, -0.25) is 4.79 Å². The average Bonchev–Trinajstić information content (AvgIpc) is 2.47. The lowest BCUT2D eigenvalue weighted by atomic mass is 9.75. The Hall–Kier alpha value is -0.420. The van der Waals surface area contributed by atoms with Gasteiger partial charge in [0.1, 0.15) is 5.78 Å². The molecule has 0 N–H and O–H groups in total. The molecule has 0 aromatic carbocycles. The summed E-state index contributed by atoms with van der Waals surface area (Å²) >= 11 is 0. The molecule has 0 aromatic rings. The smallest absolute Gasteiger partial charge is 0.216 e. The fourth-order valence-electron chi connectivity index (χ4n) is 2.95. The Morgan fingerprint density at radius 2 is 1.65 bits per heavy atom. The molecule has 4 nitrogen and oxygen atoms in total. The number of sulfonamides is 1. The van der Waals surface area contributed by atoms with E-state index in [1.165, 1.54) is 0 Å². The summed E-state index contributed by atoms with van der Waals surface area (Å²) in [4.78, 5) is 12.3. The van der Waals surface area contributed by atoms with E-state index in [9.17, 15) is 13.2 Å². The number of hydrogen-bond acceptors (Lipinski definition) is 3. The topological polar surface area (TPSA) is 54.5 Å². The lowest BCUT2D eigenvalue weighted by Gasteiger charge is -2.32. The Morgan fingerprint density at radius 1 is 1.13 bits per heavy atom. The van der Waals surface area contributed by atoms with Crippen LogP contribution in [0.15, 0.2) is 0 Å². The van der Waals surface area contributed by atoms with Crippen LogP contribution in [0, 0.1) is 17.3 Å². The molecule has 0 radical (unpaired) electrons. The van der Waals surface area contributed by atoms with Gasteiger partial charge in [-0.1, -0.05) is 27.7 Å². The zero-order valence-corrected chi connectivity index (χ0v) is 16.6. The van der Waals surface area contributed by atoms with E-state index in [4.69, 9.17) is 0 Å². The number of hydrogen-bond donors (Lipinski definition) is 0. The highest BCUT2D eigenvalue weighted by Crippen LogP contribution is 2.31. The second kappa shape index (κ2) is 8.11. The van der Waals surface area contributed by atoms with Crippen LogP contribution >= 0.6 is 0 Å². The van der Waals surface area contributed by atoms with E-state index in [1.54, 1.807) is 18.2 Å². The van der Waals surface area contributed by atoms with Crippen LogP contribution in [-0.4, -0.2) is 36.8 Å². The summed E-state index contributed by atoms with van der Waals surface area (Å²) in [5.41, 5.74) is -0.241. The van der Waals surface area contributed by atoms with Crippen LogP contribution in [0.4, 0.5) is 0 Å². The minimum absolute atomic E-state index is 0.241. The maximum absolute atomic E-state index is 12.3. The zero-order valence-electron chi connectivity index (χ0n) is 15.8. The maximum atomic E-state index is 12.3. The zero-order chi connectivity index (χ0) is 17.8. The molecule has 0 unspecified atom stereocenters. The lowest BCUT2D eigenvalue weighted by molar-refractivity contribution is -0.129. The molecule has 0 aromatic heterocycles. The monoisotopic (exact) mass is 345 g/mol. The highest BCUT2D eigenvalue weighted by molar-refractivity contribution is 7.89. The van der Waals surface area contributed by atoms with Gasteiger partial charge in [0.25, 0.3) is 0 Å². The number of piperidine rings is 1. The van der Waals surface area contributed by atoms with Crippen LogP contribution in [0.5, 0.6) is 0 Å². The Balaban J connectivity index is 2.37. The molecule has 1 heterocycles. The lowest BCUT2D eigenvalue weighted by Crippen LogP contribution is -2.41. The van der Waals surface area contributed by atoms with E-state index in [0.717, 1.165) is 25.7 Å². The highest BCUT2D eigenvalue weighted by atomic mass is 32.2. The molecule has 1 aliphatic rings. The molecule has 23 heavy (non-hydrogen) atoms. The van der Waals surface area contributed by atoms with Gasteiger partial charge in [0, 0.05) is 24.9 Å². The molecule has 1 fully saturated rings. The first-order chi connectivity index (χ1) is 10.5. The minimum atomic E-state index is -3.11. The molecule has 0 amide bonds. The van der Waals surface area contributed by atoms with Crippen molar-refractivity contribution in [2.24, 2.45) is 17.3 Å². The molecular formula is C18H35NO3S. The Kier molecular flexibility index (Phi) is 7.27. The normalized spacial score (nSPS) is 18.8. The minimum Gasteiger partial charge on any atom is -0.299 e. The summed E-state index contributed by atoms with van der Waals surface area (Å²) in [6.45, 7) is 13.0. The molecule has 0 atom stereocenters. The van der Waals surface area contributed by atoms with E-state index >= 15 is 0 Å². The van der Waals surface area contributed by atoms with Crippen molar-refractivity contribution in [3.05, 3.63) is 0 Å². The van der Waals surface area contributed by atoms with Gasteiger partial charge >= 0.3 is 0 Å². The molecule has 5 heteroatoms. The van der Waals surface area contributed by atoms with Crippen LogP contribution in [0.2, 0.25) is 0 Å². The van der Waals surface area contributed by atoms with Gasteiger partial charge in [0.15, 0.2) is 0 Å². The highest BCUT2D eigenvalue weighted by Gasteiger charge is 2.32. The molecule has 1 aliphatic heterocycles. The number of carbonyl (C=O) groups is 1. The van der Waals surface area contributed by atoms with Crippen molar-refractivity contribution < 1.29 is 13.2 Å². The van der Waals surface area contributed by atoms with E-state index < -0.39 is 10.0 Å². The van der Waals surface area contributed by atoms with E-state index in [-0.39, 0.29) is 10.7 Å². The van der Waals surface area contributed by atoms with Crippen LogP contribution in [-0.2, 0) is 14.8 Å². The van der Waals surface area contributed by atoms with Crippen molar-refractivity contribution >= 4 is 15.8 Å². The third-order valence-corrected chi connectivity index (χ3v) is 7.98. The van der Waals surface area contributed by atoms with Crippen molar-refractivity contribution in [3.8, 4) is 0 Å². The third kappa shape index (κ3) is 5.28. The fourth-order valence-corrected chi connectivity index (χ4v) is 4.26. The van der Waals surface area contributed by atoms with Crippen molar-refractivity contribution in [2.45, 2.75) is 78.9 Å². The number of carbonyl (C=O) groups excluding carboxylic acids is 1. The average molecular weight is 346 g/mol. The summed E-state index contributed by atoms with van der Waals surface area (Å²) < 4.78 is 25.9. The van der Waals surface area contributed by atoms with E-state index in [0.29, 0.717) is 37.1 Å². The van der Waals surface area contributed by atoms with Crippen LogP contribution in [0.25, 0.3) is 0 Å². The van der Waals surface area contributed by atoms with Crippen molar-refractivity contribution in [1.82, 2.24) is 4.31 Å². The summed E-state index contributed by atoms with van der Waals surface area (Å²) in [6, 6.07) is 0. The molecule has 0 saturated carbocycles. The van der Waals surface area contributed by atoms with E-state index in [1.807, 2.05) is 13.8 Å². The molecule has 0 aliphatic carbocycles. The second-order valence-electron chi connectivity index (χ2n) is 8.13. The van der Waals surface area contributed by atoms with Crippen LogP contribution in [0.3, 0.4) is 0 Å². The Bertz CT molecular complexity index is 486. The predicted molar refractivity (Wildman–Crippen MR) is 95.8 cm³/mol. The molecular weight excluding hydrogens is 310 g/mol. The van der Waals surface area contributed by atoms with Gasteiger partial charge in [-0.25, -0.2) is 12.7 Å². The molecule has 0 spiro atoms. The molecule has 136 valence electrons. The van der Waals surface area contributed by atoms with Gasteiger partial charge < -0.3 is 0 Å². The largest absolute Gasteiger partial charge is 0.299 e. The fraction of sp³-hybridized carbons (Fsp3) is 0.944. The number of ketones is 1. The van der Waals surface area contributed by atoms with E-state index in [2.05, 4.69) is 13.8 Å². The second-order valence-corrected chi connectivity index (χ2v) is 10.6. The first-order valence-electron chi connectivity index (χ1n) is 9.01. The SMILES string of the molecule is CC(C)C(C)(C)C(=O)CCCC1CCN(S(=O)(=O)C(C)C)CC1. The molecule has 1 saturated heterocycles. The van der Waals surface area contributed by atoms with Crippen molar-refractivity contribution in [1.29, 1.82) is 0 Å². The molecule has 1 rings (SSSR count). The number of rotatable bonds is 8. The van der Waals surface area contributed by atoms with Crippen LogP contribution in [0.1, 0.15) is 73.6 Å². The summed E-state index contributed by atoms with van der Waals surface area (Å²) in [5.74, 6) is 1.27. The maximum Gasteiger partial charge on any atom is 0.216 e. The molecule has 0 bridgehead atoms. The van der Waals surface area contributed by atoms with Gasteiger partial charge in [-0.05, 0) is 51.4 Å². The summed E-state index contributed by atoms with van der Waals surface area (Å²) in [5, 5.41) is -0.338.